The highest BCUT2D eigenvalue weighted by Crippen LogP contribution is 2.44. The molecular weight excluding hydrogens is 160 g/mol. The summed E-state index contributed by atoms with van der Waals surface area (Å²) in [5.41, 5.74) is 0.314. The van der Waals surface area contributed by atoms with E-state index in [2.05, 4.69) is 25.7 Å². The van der Waals surface area contributed by atoms with E-state index in [1.807, 2.05) is 6.92 Å². The Labute approximate surface area is 81.5 Å². The summed E-state index contributed by atoms with van der Waals surface area (Å²) in [7, 11) is 0. The van der Waals surface area contributed by atoms with Gasteiger partial charge in [-0.1, -0.05) is 20.3 Å². The van der Waals surface area contributed by atoms with Gasteiger partial charge < -0.3 is 5.11 Å². The van der Waals surface area contributed by atoms with Gasteiger partial charge in [0.25, 0.3) is 0 Å². The van der Waals surface area contributed by atoms with Crippen LogP contribution in [-0.4, -0.2) is 11.2 Å². The Morgan fingerprint density at radius 1 is 1.54 bits per heavy atom. The van der Waals surface area contributed by atoms with E-state index in [9.17, 15) is 5.11 Å². The summed E-state index contributed by atoms with van der Waals surface area (Å²) in [6.07, 6.45) is 4.09. The largest absolute Gasteiger partial charge is 0.392 e. The second-order valence-electron chi connectivity index (χ2n) is 4.69. The molecule has 74 valence electrons. The zero-order valence-electron chi connectivity index (χ0n) is 8.93. The lowest BCUT2D eigenvalue weighted by atomic mass is 9.78. The standard InChI is InChI=1S/C12H20O/c1-4-5-8-11(13)10-7-6-9-12(10,2)3/h10-11,13H,6-9H2,1-3H3. The van der Waals surface area contributed by atoms with E-state index in [1.54, 1.807) is 0 Å². The molecular formula is C12H20O. The van der Waals surface area contributed by atoms with Crippen molar-refractivity contribution in [3.8, 4) is 11.8 Å². The number of hydrogen-bond donors (Lipinski definition) is 1. The summed E-state index contributed by atoms with van der Waals surface area (Å²) in [6, 6.07) is 0. The van der Waals surface area contributed by atoms with Gasteiger partial charge in [-0.05, 0) is 31.1 Å². The molecule has 0 heterocycles. The average Bonchev–Trinajstić information content (AvgIpc) is 2.41. The van der Waals surface area contributed by atoms with Crippen LogP contribution >= 0.6 is 0 Å². The lowest BCUT2D eigenvalue weighted by Crippen LogP contribution is -2.29. The Balaban J connectivity index is 2.54. The molecule has 1 rings (SSSR count). The molecule has 1 fully saturated rings. The molecule has 1 aliphatic rings. The van der Waals surface area contributed by atoms with E-state index in [1.165, 1.54) is 19.3 Å². The predicted octanol–water partition coefficient (Wildman–Crippen LogP) is 2.59. The van der Waals surface area contributed by atoms with E-state index in [0.717, 1.165) is 0 Å². The molecule has 13 heavy (non-hydrogen) atoms. The van der Waals surface area contributed by atoms with Crippen LogP contribution in [0.3, 0.4) is 0 Å². The zero-order chi connectivity index (χ0) is 9.90. The summed E-state index contributed by atoms with van der Waals surface area (Å²) in [6.45, 7) is 6.34. The van der Waals surface area contributed by atoms with Gasteiger partial charge in [0.2, 0.25) is 0 Å². The maximum atomic E-state index is 9.91. The maximum absolute atomic E-state index is 9.91. The van der Waals surface area contributed by atoms with Crippen molar-refractivity contribution in [2.75, 3.05) is 0 Å². The molecule has 0 saturated heterocycles. The van der Waals surface area contributed by atoms with Crippen molar-refractivity contribution < 1.29 is 5.11 Å². The van der Waals surface area contributed by atoms with E-state index in [-0.39, 0.29) is 6.10 Å². The topological polar surface area (TPSA) is 20.2 Å². The molecule has 0 aromatic carbocycles. The molecule has 2 unspecified atom stereocenters. The van der Waals surface area contributed by atoms with Gasteiger partial charge in [0.05, 0.1) is 6.10 Å². The van der Waals surface area contributed by atoms with Gasteiger partial charge in [-0.25, -0.2) is 0 Å². The molecule has 1 nitrogen and oxygen atoms in total. The highest BCUT2D eigenvalue weighted by molar-refractivity contribution is 5.00. The minimum atomic E-state index is -0.218. The van der Waals surface area contributed by atoms with Gasteiger partial charge in [0.15, 0.2) is 0 Å². The lowest BCUT2D eigenvalue weighted by molar-refractivity contribution is 0.0578. The van der Waals surface area contributed by atoms with Gasteiger partial charge in [0.1, 0.15) is 0 Å². The Bertz CT molecular complexity index is 219. The molecule has 1 aliphatic carbocycles. The van der Waals surface area contributed by atoms with Gasteiger partial charge in [0, 0.05) is 6.42 Å². The van der Waals surface area contributed by atoms with Crippen LogP contribution in [-0.2, 0) is 0 Å². The molecule has 1 saturated carbocycles. The molecule has 1 N–H and O–H groups in total. The van der Waals surface area contributed by atoms with Crippen LogP contribution in [0.15, 0.2) is 0 Å². The van der Waals surface area contributed by atoms with Crippen molar-refractivity contribution in [1.29, 1.82) is 0 Å². The van der Waals surface area contributed by atoms with Crippen molar-refractivity contribution in [2.24, 2.45) is 11.3 Å². The van der Waals surface area contributed by atoms with E-state index < -0.39 is 0 Å². The Hall–Kier alpha value is -0.480. The summed E-state index contributed by atoms with van der Waals surface area (Å²) >= 11 is 0. The van der Waals surface area contributed by atoms with Gasteiger partial charge >= 0.3 is 0 Å². The summed E-state index contributed by atoms with van der Waals surface area (Å²) in [4.78, 5) is 0. The first-order chi connectivity index (χ1) is 6.08. The second-order valence-corrected chi connectivity index (χ2v) is 4.69. The fourth-order valence-corrected chi connectivity index (χ4v) is 2.42. The fourth-order valence-electron chi connectivity index (χ4n) is 2.42. The molecule has 0 aromatic rings. The first-order valence-corrected chi connectivity index (χ1v) is 5.15. The predicted molar refractivity (Wildman–Crippen MR) is 55.2 cm³/mol. The Morgan fingerprint density at radius 3 is 2.69 bits per heavy atom. The minimum Gasteiger partial charge on any atom is -0.392 e. The van der Waals surface area contributed by atoms with Crippen molar-refractivity contribution in [3.05, 3.63) is 0 Å². The van der Waals surface area contributed by atoms with Crippen LogP contribution in [0.4, 0.5) is 0 Å². The summed E-state index contributed by atoms with van der Waals surface area (Å²) in [5.74, 6) is 6.25. The molecule has 0 aliphatic heterocycles. The quantitative estimate of drug-likeness (QED) is 0.648. The van der Waals surface area contributed by atoms with Crippen molar-refractivity contribution in [2.45, 2.75) is 52.6 Å². The molecule has 0 bridgehead atoms. The SMILES string of the molecule is CC#CCC(O)C1CCCC1(C)C. The van der Waals surface area contributed by atoms with Crippen LogP contribution in [0.25, 0.3) is 0 Å². The van der Waals surface area contributed by atoms with Gasteiger partial charge in [-0.15, -0.1) is 11.8 Å². The van der Waals surface area contributed by atoms with Gasteiger partial charge in [-0.3, -0.25) is 0 Å². The summed E-state index contributed by atoms with van der Waals surface area (Å²) < 4.78 is 0. The smallest absolute Gasteiger partial charge is 0.0682 e. The zero-order valence-corrected chi connectivity index (χ0v) is 8.93. The van der Waals surface area contributed by atoms with Crippen LogP contribution in [0.2, 0.25) is 0 Å². The number of aliphatic hydroxyl groups excluding tert-OH is 1. The van der Waals surface area contributed by atoms with E-state index in [0.29, 0.717) is 17.8 Å². The molecule has 0 amide bonds. The molecule has 0 aromatic heterocycles. The van der Waals surface area contributed by atoms with Crippen LogP contribution in [0, 0.1) is 23.2 Å². The highest BCUT2D eigenvalue weighted by atomic mass is 16.3. The van der Waals surface area contributed by atoms with E-state index in [4.69, 9.17) is 0 Å². The number of rotatable bonds is 2. The van der Waals surface area contributed by atoms with Crippen LogP contribution in [0.5, 0.6) is 0 Å². The molecule has 1 heteroatoms. The maximum Gasteiger partial charge on any atom is 0.0682 e. The van der Waals surface area contributed by atoms with Gasteiger partial charge in [-0.2, -0.15) is 0 Å². The normalized spacial score (nSPS) is 27.8. The molecule has 2 atom stereocenters. The summed E-state index contributed by atoms with van der Waals surface area (Å²) in [5, 5.41) is 9.91. The van der Waals surface area contributed by atoms with E-state index >= 15 is 0 Å². The highest BCUT2D eigenvalue weighted by Gasteiger charge is 2.38. The Kier molecular flexibility index (Phi) is 3.39. The third kappa shape index (κ3) is 2.48. The second kappa shape index (κ2) is 4.15. The lowest BCUT2D eigenvalue weighted by Gasteiger charge is -2.30. The fraction of sp³-hybridized carbons (Fsp3) is 0.833. The average molecular weight is 180 g/mol. The first-order valence-electron chi connectivity index (χ1n) is 5.15. The van der Waals surface area contributed by atoms with Crippen LogP contribution in [0.1, 0.15) is 46.5 Å². The number of hydrogen-bond acceptors (Lipinski definition) is 1. The molecule has 0 radical (unpaired) electrons. The van der Waals surface area contributed by atoms with Crippen molar-refractivity contribution >= 4 is 0 Å². The van der Waals surface area contributed by atoms with Crippen molar-refractivity contribution in [3.63, 3.8) is 0 Å². The third-order valence-corrected chi connectivity index (χ3v) is 3.29. The molecule has 0 spiro atoms. The third-order valence-electron chi connectivity index (χ3n) is 3.29. The van der Waals surface area contributed by atoms with Crippen LogP contribution < -0.4 is 0 Å². The first kappa shape index (κ1) is 10.6. The number of aliphatic hydroxyl groups is 1. The Morgan fingerprint density at radius 2 is 2.23 bits per heavy atom. The van der Waals surface area contributed by atoms with Crippen molar-refractivity contribution in [1.82, 2.24) is 0 Å². The monoisotopic (exact) mass is 180 g/mol. The minimum absolute atomic E-state index is 0.218.